The van der Waals surface area contributed by atoms with Crippen LogP contribution in [0.5, 0.6) is 0 Å². The van der Waals surface area contributed by atoms with Crippen molar-refractivity contribution in [1.82, 2.24) is 25.3 Å². The van der Waals surface area contributed by atoms with Crippen LogP contribution < -0.4 is 10.6 Å². The van der Waals surface area contributed by atoms with Gasteiger partial charge in [0.25, 0.3) is 5.91 Å². The summed E-state index contributed by atoms with van der Waals surface area (Å²) >= 11 is 0. The summed E-state index contributed by atoms with van der Waals surface area (Å²) in [5.41, 5.74) is 3.14. The van der Waals surface area contributed by atoms with Crippen molar-refractivity contribution in [3.05, 3.63) is 65.9 Å². The Hall–Kier alpha value is -3.35. The van der Waals surface area contributed by atoms with Gasteiger partial charge in [-0.25, -0.2) is 9.97 Å². The van der Waals surface area contributed by atoms with Gasteiger partial charge in [0, 0.05) is 49.0 Å². The van der Waals surface area contributed by atoms with Crippen molar-refractivity contribution in [2.24, 2.45) is 0 Å². The van der Waals surface area contributed by atoms with Gasteiger partial charge < -0.3 is 10.6 Å². The highest BCUT2D eigenvalue weighted by molar-refractivity contribution is 5.96. The van der Waals surface area contributed by atoms with Gasteiger partial charge in [0.05, 0.1) is 0 Å². The van der Waals surface area contributed by atoms with Crippen molar-refractivity contribution in [3.8, 4) is 11.4 Å². The van der Waals surface area contributed by atoms with Gasteiger partial charge in [-0.1, -0.05) is 0 Å². The maximum Gasteiger partial charge on any atom is 0.270 e. The second-order valence-electron chi connectivity index (χ2n) is 5.68. The Labute approximate surface area is 144 Å². The van der Waals surface area contributed by atoms with E-state index in [9.17, 15) is 4.79 Å². The van der Waals surface area contributed by atoms with E-state index in [0.717, 1.165) is 16.7 Å². The molecule has 124 valence electrons. The minimum Gasteiger partial charge on any atom is -0.366 e. The van der Waals surface area contributed by atoms with Crippen molar-refractivity contribution in [2.45, 2.75) is 13.0 Å². The summed E-state index contributed by atoms with van der Waals surface area (Å²) in [6.45, 7) is 1.19. The summed E-state index contributed by atoms with van der Waals surface area (Å²) in [7, 11) is 0. The number of anilines is 1. The van der Waals surface area contributed by atoms with E-state index >= 15 is 0 Å². The number of pyridine rings is 2. The fourth-order valence-electron chi connectivity index (χ4n) is 2.75. The van der Waals surface area contributed by atoms with Gasteiger partial charge in [0.2, 0.25) is 0 Å². The Bertz CT molecular complexity index is 898. The van der Waals surface area contributed by atoms with Crippen molar-refractivity contribution in [2.75, 3.05) is 11.9 Å². The first-order chi connectivity index (χ1) is 12.3. The lowest BCUT2D eigenvalue weighted by Crippen LogP contribution is -2.34. The van der Waals surface area contributed by atoms with E-state index in [-0.39, 0.29) is 5.91 Å². The lowest BCUT2D eigenvalue weighted by atomic mass is 10.1. The van der Waals surface area contributed by atoms with Crippen molar-refractivity contribution >= 4 is 11.7 Å². The monoisotopic (exact) mass is 332 g/mol. The van der Waals surface area contributed by atoms with Gasteiger partial charge in [0.1, 0.15) is 11.5 Å². The molecule has 7 heteroatoms. The molecular formula is C18H16N6O. The number of nitrogens with zero attached hydrogens (tertiary/aromatic N) is 4. The summed E-state index contributed by atoms with van der Waals surface area (Å²) in [5.74, 6) is 1.01. The number of amides is 1. The summed E-state index contributed by atoms with van der Waals surface area (Å²) in [5, 5.41) is 6.18. The lowest BCUT2D eigenvalue weighted by Gasteiger charge is -2.20. The number of rotatable bonds is 4. The highest BCUT2D eigenvalue weighted by Crippen LogP contribution is 2.25. The van der Waals surface area contributed by atoms with Gasteiger partial charge in [-0.3, -0.25) is 14.8 Å². The summed E-state index contributed by atoms with van der Waals surface area (Å²) in [6.07, 6.45) is 7.58. The molecule has 0 fully saturated rings. The second kappa shape index (κ2) is 6.64. The molecule has 0 unspecified atom stereocenters. The van der Waals surface area contributed by atoms with Crippen LogP contribution in [-0.4, -0.2) is 32.4 Å². The van der Waals surface area contributed by atoms with Crippen LogP contribution >= 0.6 is 0 Å². The van der Waals surface area contributed by atoms with E-state index in [1.165, 1.54) is 0 Å². The molecule has 2 N–H and O–H groups in total. The predicted octanol–water partition coefficient (Wildman–Crippen LogP) is 1.83. The third-order valence-electron chi connectivity index (χ3n) is 4.01. The molecule has 1 amide bonds. The highest BCUT2D eigenvalue weighted by atomic mass is 16.1. The van der Waals surface area contributed by atoms with E-state index < -0.39 is 0 Å². The van der Waals surface area contributed by atoms with Gasteiger partial charge in [0.15, 0.2) is 5.82 Å². The van der Waals surface area contributed by atoms with E-state index in [4.69, 9.17) is 0 Å². The minimum absolute atomic E-state index is 0.166. The maximum atomic E-state index is 12.2. The molecule has 0 saturated heterocycles. The maximum absolute atomic E-state index is 12.2. The molecule has 0 radical (unpaired) electrons. The van der Waals surface area contributed by atoms with Crippen molar-refractivity contribution in [3.63, 3.8) is 0 Å². The zero-order valence-electron chi connectivity index (χ0n) is 13.4. The number of hydrogen-bond acceptors (Lipinski definition) is 6. The topological polar surface area (TPSA) is 92.7 Å². The number of nitrogens with one attached hydrogen (secondary N) is 2. The van der Waals surface area contributed by atoms with Gasteiger partial charge in [-0.05, 0) is 36.2 Å². The minimum atomic E-state index is -0.166. The molecule has 0 saturated carbocycles. The molecule has 3 aromatic heterocycles. The first-order valence-corrected chi connectivity index (χ1v) is 8.03. The zero-order chi connectivity index (χ0) is 17.1. The van der Waals surface area contributed by atoms with Crippen LogP contribution in [0.2, 0.25) is 0 Å². The highest BCUT2D eigenvalue weighted by Gasteiger charge is 2.24. The van der Waals surface area contributed by atoms with Crippen LogP contribution in [0.4, 0.5) is 5.82 Å². The average molecular weight is 332 g/mol. The normalized spacial score (nSPS) is 13.0. The first-order valence-electron chi connectivity index (χ1n) is 8.03. The summed E-state index contributed by atoms with van der Waals surface area (Å²) in [6, 6.07) is 7.58. The molecule has 25 heavy (non-hydrogen) atoms. The number of hydrogen-bond donors (Lipinski definition) is 2. The first kappa shape index (κ1) is 15.2. The van der Waals surface area contributed by atoms with Crippen LogP contribution in [0.15, 0.2) is 49.1 Å². The molecule has 0 atom stereocenters. The third kappa shape index (κ3) is 3.16. The number of carbonyl (C=O) groups is 1. The quantitative estimate of drug-likeness (QED) is 0.757. The average Bonchev–Trinajstić information content (AvgIpc) is 2.68. The molecular weight excluding hydrogens is 316 g/mol. The Kier molecular flexibility index (Phi) is 4.04. The Morgan fingerprint density at radius 1 is 1.08 bits per heavy atom. The molecule has 0 aromatic carbocycles. The Morgan fingerprint density at radius 2 is 1.96 bits per heavy atom. The van der Waals surface area contributed by atoms with Crippen LogP contribution in [0.25, 0.3) is 11.4 Å². The predicted molar refractivity (Wildman–Crippen MR) is 92.9 cm³/mol. The van der Waals surface area contributed by atoms with Crippen LogP contribution in [0.1, 0.15) is 21.6 Å². The van der Waals surface area contributed by atoms with E-state index in [1.807, 2.05) is 24.3 Å². The Morgan fingerprint density at radius 3 is 2.76 bits per heavy atom. The Balaban J connectivity index is 1.73. The van der Waals surface area contributed by atoms with Crippen LogP contribution in [-0.2, 0) is 13.0 Å². The number of fused-ring (bicyclic) bond motifs is 1. The molecule has 0 bridgehead atoms. The molecule has 7 nitrogen and oxygen atoms in total. The zero-order valence-corrected chi connectivity index (χ0v) is 13.4. The standard InChI is InChI=1S/C18H16N6O/c25-18-15-14(5-9-21-18)17(22-10-12-3-7-19-8-4-12)24-16(23-15)13-2-1-6-20-11-13/h1-4,6-8,11H,5,9-10H2,(H,21,25)(H,22,23,24). The largest absolute Gasteiger partial charge is 0.366 e. The number of carbonyl (C=O) groups excluding carboxylic acids is 1. The fraction of sp³-hybridized carbons (Fsp3) is 0.167. The molecule has 3 aromatic rings. The fourth-order valence-corrected chi connectivity index (χ4v) is 2.75. The smallest absolute Gasteiger partial charge is 0.270 e. The van der Waals surface area contributed by atoms with E-state index in [1.54, 1.807) is 24.8 Å². The van der Waals surface area contributed by atoms with Crippen LogP contribution in [0.3, 0.4) is 0 Å². The van der Waals surface area contributed by atoms with Crippen molar-refractivity contribution in [1.29, 1.82) is 0 Å². The van der Waals surface area contributed by atoms with Gasteiger partial charge >= 0.3 is 0 Å². The van der Waals surface area contributed by atoms with Crippen LogP contribution in [0, 0.1) is 0 Å². The second-order valence-corrected chi connectivity index (χ2v) is 5.68. The molecule has 0 aliphatic carbocycles. The van der Waals surface area contributed by atoms with Gasteiger partial charge in [-0.2, -0.15) is 0 Å². The summed E-state index contributed by atoms with van der Waals surface area (Å²) in [4.78, 5) is 29.5. The molecule has 4 heterocycles. The molecule has 0 spiro atoms. The molecule has 4 rings (SSSR count). The van der Waals surface area contributed by atoms with E-state index in [2.05, 4.69) is 30.6 Å². The third-order valence-corrected chi connectivity index (χ3v) is 4.01. The lowest BCUT2D eigenvalue weighted by molar-refractivity contribution is 0.0940. The molecule has 1 aliphatic rings. The molecule has 1 aliphatic heterocycles. The van der Waals surface area contributed by atoms with E-state index in [0.29, 0.717) is 36.8 Å². The number of aromatic nitrogens is 4. The summed E-state index contributed by atoms with van der Waals surface area (Å²) < 4.78 is 0. The van der Waals surface area contributed by atoms with Crippen molar-refractivity contribution < 1.29 is 4.79 Å². The van der Waals surface area contributed by atoms with Gasteiger partial charge in [-0.15, -0.1) is 0 Å². The SMILES string of the molecule is O=C1NCCc2c(NCc3ccncc3)nc(-c3cccnc3)nc21.